The lowest BCUT2D eigenvalue weighted by Crippen LogP contribution is -2.21. The molecule has 2 aromatic carbocycles. The molecule has 31 heavy (non-hydrogen) atoms. The third kappa shape index (κ3) is 5.41. The Bertz CT molecular complexity index is 1020. The van der Waals surface area contributed by atoms with E-state index in [4.69, 9.17) is 14.2 Å². The molecule has 0 unspecified atom stereocenters. The zero-order valence-corrected chi connectivity index (χ0v) is 15.7. The van der Waals surface area contributed by atoms with Crippen molar-refractivity contribution >= 4 is 23.3 Å². The number of hydrogen-bond acceptors (Lipinski definition) is 7. The number of carbonyl (C=O) groups is 2. The van der Waals surface area contributed by atoms with E-state index in [0.717, 1.165) is 6.07 Å². The van der Waals surface area contributed by atoms with Crippen molar-refractivity contribution < 1.29 is 41.9 Å². The Labute approximate surface area is 172 Å². The van der Waals surface area contributed by atoms with Gasteiger partial charge in [0.1, 0.15) is 5.69 Å². The van der Waals surface area contributed by atoms with Gasteiger partial charge in [-0.25, -0.2) is 4.79 Å². The van der Waals surface area contributed by atoms with E-state index < -0.39 is 46.5 Å². The normalized spacial score (nSPS) is 13.1. The van der Waals surface area contributed by atoms with Crippen molar-refractivity contribution in [3.63, 3.8) is 0 Å². The van der Waals surface area contributed by atoms with Gasteiger partial charge in [-0.15, -0.1) is 0 Å². The van der Waals surface area contributed by atoms with Crippen LogP contribution in [-0.2, 0) is 15.7 Å². The second-order valence-corrected chi connectivity index (χ2v) is 6.32. The first-order valence-corrected chi connectivity index (χ1v) is 8.87. The van der Waals surface area contributed by atoms with Crippen LogP contribution in [0.15, 0.2) is 36.4 Å². The van der Waals surface area contributed by atoms with Crippen LogP contribution in [0, 0.1) is 10.1 Å². The standard InChI is InChI=1S/C19H15F3N2O7/c20-19(21,22)12-3-4-13(14(9-12)24(27)28)23-17(25)10-31-18(26)11-2-5-15-16(8-11)30-7-1-6-29-15/h2-5,8-9H,1,6-7,10H2,(H,23,25). The summed E-state index contributed by atoms with van der Waals surface area (Å²) in [5.74, 6) is -1.03. The topological polar surface area (TPSA) is 117 Å². The average molecular weight is 440 g/mol. The quantitative estimate of drug-likeness (QED) is 0.429. The van der Waals surface area contributed by atoms with Crippen molar-refractivity contribution in [3.05, 3.63) is 57.6 Å². The predicted octanol–water partition coefficient (Wildman–Crippen LogP) is 3.57. The number of esters is 1. The molecule has 1 amide bonds. The molecule has 1 heterocycles. The first kappa shape index (κ1) is 21.9. The fourth-order valence-corrected chi connectivity index (χ4v) is 2.66. The summed E-state index contributed by atoms with van der Waals surface area (Å²) < 4.78 is 54.0. The third-order valence-electron chi connectivity index (χ3n) is 4.11. The van der Waals surface area contributed by atoms with Crippen LogP contribution in [-0.4, -0.2) is 36.6 Å². The predicted molar refractivity (Wildman–Crippen MR) is 99.1 cm³/mol. The van der Waals surface area contributed by atoms with Gasteiger partial charge in [0.25, 0.3) is 11.6 Å². The maximum Gasteiger partial charge on any atom is 0.416 e. The summed E-state index contributed by atoms with van der Waals surface area (Å²) in [5.41, 5.74) is -2.57. The first-order valence-electron chi connectivity index (χ1n) is 8.87. The van der Waals surface area contributed by atoms with E-state index in [0.29, 0.717) is 43.3 Å². The van der Waals surface area contributed by atoms with Crippen molar-refractivity contribution in [1.82, 2.24) is 0 Å². The largest absolute Gasteiger partial charge is 0.490 e. The van der Waals surface area contributed by atoms with E-state index in [1.807, 2.05) is 0 Å². The average Bonchev–Trinajstić information content (AvgIpc) is 2.96. The number of anilines is 1. The number of fused-ring (bicyclic) bond motifs is 1. The molecular formula is C19H15F3N2O7. The Morgan fingerprint density at radius 2 is 1.81 bits per heavy atom. The van der Waals surface area contributed by atoms with Crippen molar-refractivity contribution in [1.29, 1.82) is 0 Å². The second kappa shape index (κ2) is 8.90. The summed E-state index contributed by atoms with van der Waals surface area (Å²) in [6.45, 7) is 0.0539. The van der Waals surface area contributed by atoms with Crippen LogP contribution in [0.2, 0.25) is 0 Å². The number of hydrogen-bond donors (Lipinski definition) is 1. The number of ether oxygens (including phenoxy) is 3. The number of nitrogens with zero attached hydrogens (tertiary/aromatic N) is 1. The van der Waals surface area contributed by atoms with E-state index in [1.165, 1.54) is 18.2 Å². The van der Waals surface area contributed by atoms with Gasteiger partial charge in [0.2, 0.25) is 0 Å². The van der Waals surface area contributed by atoms with Crippen molar-refractivity contribution in [2.45, 2.75) is 12.6 Å². The third-order valence-corrected chi connectivity index (χ3v) is 4.11. The number of amides is 1. The smallest absolute Gasteiger partial charge is 0.416 e. The van der Waals surface area contributed by atoms with E-state index in [9.17, 15) is 32.9 Å². The monoisotopic (exact) mass is 440 g/mol. The molecule has 1 N–H and O–H groups in total. The Morgan fingerprint density at radius 1 is 1.10 bits per heavy atom. The molecule has 0 bridgehead atoms. The lowest BCUT2D eigenvalue weighted by molar-refractivity contribution is -0.384. The van der Waals surface area contributed by atoms with Crippen LogP contribution in [0.3, 0.4) is 0 Å². The van der Waals surface area contributed by atoms with Gasteiger partial charge < -0.3 is 19.5 Å². The van der Waals surface area contributed by atoms with E-state index in [1.54, 1.807) is 0 Å². The molecule has 0 spiro atoms. The number of nitro benzene ring substituents is 1. The maximum absolute atomic E-state index is 12.7. The molecule has 0 saturated heterocycles. The van der Waals surface area contributed by atoms with Gasteiger partial charge in [0, 0.05) is 12.5 Å². The van der Waals surface area contributed by atoms with Gasteiger partial charge in [-0.1, -0.05) is 0 Å². The second-order valence-electron chi connectivity index (χ2n) is 6.32. The van der Waals surface area contributed by atoms with Crippen LogP contribution in [0.25, 0.3) is 0 Å². The van der Waals surface area contributed by atoms with Crippen molar-refractivity contribution in [2.75, 3.05) is 25.1 Å². The van der Waals surface area contributed by atoms with Crippen LogP contribution in [0.5, 0.6) is 11.5 Å². The van der Waals surface area contributed by atoms with Gasteiger partial charge in [0.05, 0.1) is 29.3 Å². The lowest BCUT2D eigenvalue weighted by atomic mass is 10.1. The number of nitro groups is 1. The van der Waals surface area contributed by atoms with E-state index in [2.05, 4.69) is 5.32 Å². The summed E-state index contributed by atoms with van der Waals surface area (Å²) >= 11 is 0. The van der Waals surface area contributed by atoms with Gasteiger partial charge in [-0.05, 0) is 30.3 Å². The summed E-state index contributed by atoms with van der Waals surface area (Å²) in [7, 11) is 0. The van der Waals surface area contributed by atoms with Crippen LogP contribution in [0.1, 0.15) is 22.3 Å². The molecule has 0 fully saturated rings. The van der Waals surface area contributed by atoms with Gasteiger partial charge in [-0.2, -0.15) is 13.2 Å². The van der Waals surface area contributed by atoms with E-state index >= 15 is 0 Å². The zero-order valence-electron chi connectivity index (χ0n) is 15.7. The summed E-state index contributed by atoms with van der Waals surface area (Å²) in [5, 5.41) is 13.1. The minimum absolute atomic E-state index is 0.0811. The van der Waals surface area contributed by atoms with Gasteiger partial charge in [-0.3, -0.25) is 14.9 Å². The Balaban J connectivity index is 1.64. The Hall–Kier alpha value is -3.83. The number of benzene rings is 2. The van der Waals surface area contributed by atoms with Gasteiger partial charge >= 0.3 is 12.1 Å². The Kier molecular flexibility index (Phi) is 6.28. The number of nitrogens with one attached hydrogen (secondary N) is 1. The molecule has 0 aromatic heterocycles. The highest BCUT2D eigenvalue weighted by Crippen LogP contribution is 2.35. The fraction of sp³-hybridized carbons (Fsp3) is 0.263. The molecule has 1 aliphatic heterocycles. The first-order chi connectivity index (χ1) is 14.6. The summed E-state index contributed by atoms with van der Waals surface area (Å²) in [6.07, 6.45) is -4.11. The van der Waals surface area contributed by atoms with Crippen molar-refractivity contribution in [3.8, 4) is 11.5 Å². The number of halogens is 3. The molecule has 0 saturated carbocycles. The van der Waals surface area contributed by atoms with Crippen LogP contribution < -0.4 is 14.8 Å². The SMILES string of the molecule is O=C(COC(=O)c1ccc2c(c1)OCCCO2)Nc1ccc(C(F)(F)F)cc1[N+](=O)[O-]. The molecule has 0 radical (unpaired) electrons. The molecule has 164 valence electrons. The lowest BCUT2D eigenvalue weighted by Gasteiger charge is -2.11. The van der Waals surface area contributed by atoms with Crippen LogP contribution >= 0.6 is 0 Å². The van der Waals surface area contributed by atoms with Crippen molar-refractivity contribution in [2.24, 2.45) is 0 Å². The minimum atomic E-state index is -4.79. The minimum Gasteiger partial charge on any atom is -0.490 e. The summed E-state index contributed by atoms with van der Waals surface area (Å²) in [4.78, 5) is 34.2. The number of carbonyl (C=O) groups excluding carboxylic acids is 2. The molecule has 0 aliphatic carbocycles. The highest BCUT2D eigenvalue weighted by Gasteiger charge is 2.33. The van der Waals surface area contributed by atoms with Gasteiger partial charge in [0.15, 0.2) is 18.1 Å². The molecule has 1 aliphatic rings. The number of alkyl halides is 3. The highest BCUT2D eigenvalue weighted by atomic mass is 19.4. The van der Waals surface area contributed by atoms with E-state index in [-0.39, 0.29) is 5.56 Å². The summed E-state index contributed by atoms with van der Waals surface area (Å²) in [6, 6.07) is 5.97. The molecule has 0 atom stereocenters. The fourth-order valence-electron chi connectivity index (χ4n) is 2.66. The Morgan fingerprint density at radius 3 is 2.48 bits per heavy atom. The molecule has 2 aromatic rings. The molecule has 12 heteroatoms. The van der Waals surface area contributed by atoms with Crippen LogP contribution in [0.4, 0.5) is 24.5 Å². The molecule has 9 nitrogen and oxygen atoms in total. The molecule has 3 rings (SSSR count). The molecular weight excluding hydrogens is 425 g/mol. The maximum atomic E-state index is 12.7. The highest BCUT2D eigenvalue weighted by molar-refractivity contribution is 5.97. The number of rotatable bonds is 5. The zero-order chi connectivity index (χ0) is 22.6.